The Hall–Kier alpha value is -1.03. The van der Waals surface area contributed by atoms with E-state index in [0.717, 1.165) is 25.7 Å². The van der Waals surface area contributed by atoms with Crippen molar-refractivity contribution in [1.82, 2.24) is 10.6 Å². The number of hydrogen-bond acceptors (Lipinski definition) is 2. The van der Waals surface area contributed by atoms with E-state index in [4.69, 9.17) is 0 Å². The molecule has 0 radical (unpaired) electrons. The Labute approximate surface area is 97.1 Å². The van der Waals surface area contributed by atoms with Gasteiger partial charge in [-0.05, 0) is 32.1 Å². The lowest BCUT2D eigenvalue weighted by Gasteiger charge is -2.18. The average molecular weight is 226 g/mol. The number of amides is 2. The number of aliphatic hydroxyl groups is 1. The molecule has 0 saturated carbocycles. The number of rotatable bonds is 5. The van der Waals surface area contributed by atoms with Crippen molar-refractivity contribution in [2.24, 2.45) is 0 Å². The highest BCUT2D eigenvalue weighted by molar-refractivity contribution is 5.74. The lowest BCUT2D eigenvalue weighted by Crippen LogP contribution is -2.42. The molecular weight excluding hydrogens is 204 g/mol. The molecule has 0 heterocycles. The van der Waals surface area contributed by atoms with Crippen LogP contribution in [0.25, 0.3) is 0 Å². The van der Waals surface area contributed by atoms with Gasteiger partial charge in [-0.1, -0.05) is 19.1 Å². The SMILES string of the molecule is CCC(O)CCNC(=O)NC1C=CCCC1. The molecule has 0 bridgehead atoms. The Morgan fingerprint density at radius 1 is 1.62 bits per heavy atom. The number of urea groups is 1. The predicted octanol–water partition coefficient (Wildman–Crippen LogP) is 1.56. The Morgan fingerprint density at radius 2 is 2.44 bits per heavy atom. The minimum Gasteiger partial charge on any atom is -0.393 e. The molecule has 1 rings (SSSR count). The quantitative estimate of drug-likeness (QED) is 0.623. The number of nitrogens with one attached hydrogen (secondary N) is 2. The molecule has 1 aliphatic carbocycles. The standard InChI is InChI=1S/C12H22N2O2/c1-2-11(15)8-9-13-12(16)14-10-6-4-3-5-7-10/h4,6,10-11,15H,2-3,5,7-9H2,1H3,(H2,13,14,16). The largest absolute Gasteiger partial charge is 0.393 e. The predicted molar refractivity (Wildman–Crippen MR) is 64.2 cm³/mol. The molecule has 4 heteroatoms. The van der Waals surface area contributed by atoms with Crippen LogP contribution in [-0.2, 0) is 0 Å². The van der Waals surface area contributed by atoms with Crippen molar-refractivity contribution < 1.29 is 9.90 Å². The van der Waals surface area contributed by atoms with Crippen LogP contribution < -0.4 is 10.6 Å². The molecule has 2 amide bonds. The molecule has 0 aromatic heterocycles. The van der Waals surface area contributed by atoms with E-state index in [2.05, 4.69) is 16.7 Å². The van der Waals surface area contributed by atoms with Crippen LogP contribution in [0.5, 0.6) is 0 Å². The second kappa shape index (κ2) is 7.28. The third-order valence-electron chi connectivity index (χ3n) is 2.81. The van der Waals surface area contributed by atoms with Gasteiger partial charge in [0.15, 0.2) is 0 Å². The molecule has 0 saturated heterocycles. The first-order chi connectivity index (χ1) is 7.72. The summed E-state index contributed by atoms with van der Waals surface area (Å²) in [6, 6.07) is 0.0321. The van der Waals surface area contributed by atoms with Crippen LogP contribution in [0.15, 0.2) is 12.2 Å². The fourth-order valence-electron chi connectivity index (χ4n) is 1.71. The van der Waals surface area contributed by atoms with Crippen LogP contribution >= 0.6 is 0 Å². The van der Waals surface area contributed by atoms with Crippen molar-refractivity contribution in [2.45, 2.75) is 51.2 Å². The summed E-state index contributed by atoms with van der Waals surface area (Å²) in [6.07, 6.45) is 8.45. The summed E-state index contributed by atoms with van der Waals surface area (Å²) in [5.74, 6) is 0. The lowest BCUT2D eigenvalue weighted by atomic mass is 10.0. The van der Waals surface area contributed by atoms with Crippen LogP contribution in [0, 0.1) is 0 Å². The second-order valence-electron chi connectivity index (χ2n) is 4.22. The van der Waals surface area contributed by atoms with E-state index in [1.54, 1.807) is 0 Å². The molecule has 1 aliphatic rings. The first kappa shape index (κ1) is 13.0. The lowest BCUT2D eigenvalue weighted by molar-refractivity contribution is 0.160. The molecule has 2 unspecified atom stereocenters. The summed E-state index contributed by atoms with van der Waals surface area (Å²) in [6.45, 7) is 2.45. The van der Waals surface area contributed by atoms with E-state index in [-0.39, 0.29) is 18.2 Å². The summed E-state index contributed by atoms with van der Waals surface area (Å²) < 4.78 is 0. The van der Waals surface area contributed by atoms with Crippen LogP contribution in [-0.4, -0.2) is 29.8 Å². The topological polar surface area (TPSA) is 61.4 Å². The monoisotopic (exact) mass is 226 g/mol. The van der Waals surface area contributed by atoms with Gasteiger partial charge in [-0.15, -0.1) is 0 Å². The summed E-state index contributed by atoms with van der Waals surface area (Å²) in [4.78, 5) is 11.4. The van der Waals surface area contributed by atoms with Gasteiger partial charge in [0.1, 0.15) is 0 Å². The van der Waals surface area contributed by atoms with Crippen molar-refractivity contribution in [2.75, 3.05) is 6.54 Å². The van der Waals surface area contributed by atoms with Gasteiger partial charge in [0.05, 0.1) is 6.10 Å². The van der Waals surface area contributed by atoms with E-state index >= 15 is 0 Å². The van der Waals surface area contributed by atoms with Gasteiger partial charge >= 0.3 is 6.03 Å². The van der Waals surface area contributed by atoms with E-state index in [1.807, 2.05) is 13.0 Å². The first-order valence-corrected chi connectivity index (χ1v) is 6.11. The molecule has 0 fully saturated rings. The van der Waals surface area contributed by atoms with Gasteiger partial charge in [0.25, 0.3) is 0 Å². The minimum absolute atomic E-state index is 0.139. The van der Waals surface area contributed by atoms with E-state index in [0.29, 0.717) is 13.0 Å². The molecule has 2 atom stereocenters. The maximum absolute atomic E-state index is 11.4. The van der Waals surface area contributed by atoms with E-state index in [9.17, 15) is 9.90 Å². The highest BCUT2D eigenvalue weighted by Gasteiger charge is 2.11. The Kier molecular flexibility index (Phi) is 5.93. The van der Waals surface area contributed by atoms with Gasteiger partial charge in [-0.25, -0.2) is 4.79 Å². The summed E-state index contributed by atoms with van der Waals surface area (Å²) in [7, 11) is 0. The smallest absolute Gasteiger partial charge is 0.315 e. The zero-order valence-corrected chi connectivity index (χ0v) is 9.91. The van der Waals surface area contributed by atoms with Gasteiger partial charge in [0.2, 0.25) is 0 Å². The third kappa shape index (κ3) is 5.16. The van der Waals surface area contributed by atoms with Crippen LogP contribution in [0.4, 0.5) is 4.79 Å². The maximum Gasteiger partial charge on any atom is 0.315 e. The third-order valence-corrected chi connectivity index (χ3v) is 2.81. The number of carbonyl (C=O) groups is 1. The van der Waals surface area contributed by atoms with Gasteiger partial charge < -0.3 is 15.7 Å². The van der Waals surface area contributed by atoms with Crippen molar-refractivity contribution in [3.8, 4) is 0 Å². The van der Waals surface area contributed by atoms with Crippen LogP contribution in [0.1, 0.15) is 39.0 Å². The Morgan fingerprint density at radius 3 is 3.06 bits per heavy atom. The second-order valence-corrected chi connectivity index (χ2v) is 4.22. The fourth-order valence-corrected chi connectivity index (χ4v) is 1.71. The highest BCUT2D eigenvalue weighted by Crippen LogP contribution is 2.09. The Balaban J connectivity index is 2.10. The molecule has 0 spiro atoms. The average Bonchev–Trinajstić information content (AvgIpc) is 2.30. The molecule has 0 aromatic carbocycles. The van der Waals surface area contributed by atoms with Crippen molar-refractivity contribution in [3.63, 3.8) is 0 Å². The number of carbonyl (C=O) groups excluding carboxylic acids is 1. The first-order valence-electron chi connectivity index (χ1n) is 6.11. The Bertz CT molecular complexity index is 241. The molecular formula is C12H22N2O2. The normalized spacial score (nSPS) is 21.5. The summed E-state index contributed by atoms with van der Waals surface area (Å²) >= 11 is 0. The van der Waals surface area contributed by atoms with Gasteiger partial charge in [-0.2, -0.15) is 0 Å². The van der Waals surface area contributed by atoms with Gasteiger partial charge in [-0.3, -0.25) is 0 Å². The van der Waals surface area contributed by atoms with Crippen molar-refractivity contribution in [3.05, 3.63) is 12.2 Å². The zero-order chi connectivity index (χ0) is 11.8. The van der Waals surface area contributed by atoms with Gasteiger partial charge in [0, 0.05) is 12.6 Å². The summed E-state index contributed by atoms with van der Waals surface area (Å²) in [5.41, 5.74) is 0. The molecule has 16 heavy (non-hydrogen) atoms. The van der Waals surface area contributed by atoms with E-state index in [1.165, 1.54) is 0 Å². The van der Waals surface area contributed by atoms with Crippen molar-refractivity contribution >= 4 is 6.03 Å². The minimum atomic E-state index is -0.310. The molecule has 92 valence electrons. The maximum atomic E-state index is 11.4. The number of allylic oxidation sites excluding steroid dienone is 1. The number of aliphatic hydroxyl groups excluding tert-OH is 1. The van der Waals surface area contributed by atoms with Crippen LogP contribution in [0.3, 0.4) is 0 Å². The van der Waals surface area contributed by atoms with E-state index < -0.39 is 0 Å². The van der Waals surface area contributed by atoms with Crippen LogP contribution in [0.2, 0.25) is 0 Å². The molecule has 0 aliphatic heterocycles. The highest BCUT2D eigenvalue weighted by atomic mass is 16.3. The van der Waals surface area contributed by atoms with Crippen molar-refractivity contribution in [1.29, 1.82) is 0 Å². The molecule has 4 nitrogen and oxygen atoms in total. The molecule has 0 aromatic rings. The fraction of sp³-hybridized carbons (Fsp3) is 0.750. The molecule has 3 N–H and O–H groups in total. The number of hydrogen-bond donors (Lipinski definition) is 3. The summed E-state index contributed by atoms with van der Waals surface area (Å²) in [5, 5.41) is 15.0. The zero-order valence-electron chi connectivity index (χ0n) is 9.91.